The van der Waals surface area contributed by atoms with E-state index in [1.807, 2.05) is 46.8 Å². The van der Waals surface area contributed by atoms with Crippen LogP contribution in [-0.4, -0.2) is 29.4 Å². The molecule has 2 aliphatic rings. The van der Waals surface area contributed by atoms with E-state index < -0.39 is 11.0 Å². The summed E-state index contributed by atoms with van der Waals surface area (Å²) < 4.78 is 11.2. The Morgan fingerprint density at radius 2 is 1.83 bits per heavy atom. The van der Waals surface area contributed by atoms with Crippen molar-refractivity contribution in [2.24, 2.45) is 10.8 Å². The largest absolute Gasteiger partial charge is 0.461 e. The van der Waals surface area contributed by atoms with Crippen LogP contribution < -0.4 is 0 Å². The van der Waals surface area contributed by atoms with Crippen LogP contribution in [0.4, 0.5) is 0 Å². The van der Waals surface area contributed by atoms with E-state index in [4.69, 9.17) is 9.47 Å². The lowest BCUT2D eigenvalue weighted by molar-refractivity contribution is -0.166. The Labute approximate surface area is 174 Å². The molecule has 0 aromatic rings. The Bertz CT molecular complexity index is 735. The maximum atomic E-state index is 12.7. The van der Waals surface area contributed by atoms with Crippen molar-refractivity contribution in [3.63, 3.8) is 0 Å². The van der Waals surface area contributed by atoms with Crippen LogP contribution in [0, 0.1) is 10.8 Å². The summed E-state index contributed by atoms with van der Waals surface area (Å²) in [6, 6.07) is 0. The molecule has 0 aromatic carbocycles. The van der Waals surface area contributed by atoms with Crippen molar-refractivity contribution in [1.29, 1.82) is 0 Å². The SMILES string of the molecule is CC(=O)OC(C)(C)/C=C/CC1=C2CCC[C@H](OC(=O)C(C)(C)C)[C@@]2(C)CCC1=O. The first-order valence-electron chi connectivity index (χ1n) is 10.6. The van der Waals surface area contributed by atoms with E-state index in [1.165, 1.54) is 6.92 Å². The van der Waals surface area contributed by atoms with Crippen LogP contribution in [0.15, 0.2) is 23.3 Å². The summed E-state index contributed by atoms with van der Waals surface area (Å²) in [4.78, 5) is 36.5. The minimum atomic E-state index is -0.713. The molecule has 0 amide bonds. The van der Waals surface area contributed by atoms with Gasteiger partial charge in [-0.25, -0.2) is 0 Å². The zero-order valence-electron chi connectivity index (χ0n) is 19.0. The van der Waals surface area contributed by atoms with Crippen molar-refractivity contribution in [2.45, 2.75) is 98.7 Å². The van der Waals surface area contributed by atoms with Crippen molar-refractivity contribution < 1.29 is 23.9 Å². The second kappa shape index (κ2) is 8.45. The summed E-state index contributed by atoms with van der Waals surface area (Å²) in [6.07, 6.45) is 7.86. The molecule has 0 saturated heterocycles. The molecule has 0 aliphatic heterocycles. The summed E-state index contributed by atoms with van der Waals surface area (Å²) in [6.45, 7) is 12.8. The lowest BCUT2D eigenvalue weighted by atomic mass is 9.61. The molecule has 0 aromatic heterocycles. The molecule has 1 saturated carbocycles. The predicted octanol–water partition coefficient (Wildman–Crippen LogP) is 5.08. The van der Waals surface area contributed by atoms with E-state index in [9.17, 15) is 14.4 Å². The van der Waals surface area contributed by atoms with Gasteiger partial charge >= 0.3 is 11.9 Å². The van der Waals surface area contributed by atoms with Crippen LogP contribution in [-0.2, 0) is 23.9 Å². The average molecular weight is 405 g/mol. The van der Waals surface area contributed by atoms with Gasteiger partial charge in [-0.05, 0) is 78.4 Å². The van der Waals surface area contributed by atoms with Crippen LogP contribution >= 0.6 is 0 Å². The monoisotopic (exact) mass is 404 g/mol. The normalized spacial score (nSPS) is 25.8. The quantitative estimate of drug-likeness (QED) is 0.472. The van der Waals surface area contributed by atoms with Gasteiger partial charge in [-0.3, -0.25) is 14.4 Å². The number of ketones is 1. The highest BCUT2D eigenvalue weighted by Crippen LogP contribution is 2.51. The number of carbonyl (C=O) groups is 3. The molecule has 0 spiro atoms. The van der Waals surface area contributed by atoms with Crippen LogP contribution in [0.2, 0.25) is 0 Å². The zero-order valence-corrected chi connectivity index (χ0v) is 19.0. The molecule has 5 nitrogen and oxygen atoms in total. The number of esters is 2. The smallest absolute Gasteiger partial charge is 0.311 e. The molecule has 0 radical (unpaired) electrons. The number of allylic oxidation sites excluding steroid dienone is 2. The highest BCUT2D eigenvalue weighted by Gasteiger charge is 2.47. The number of rotatable bonds is 5. The number of carbonyl (C=O) groups excluding carboxylic acids is 3. The van der Waals surface area contributed by atoms with Crippen molar-refractivity contribution in [2.75, 3.05) is 0 Å². The van der Waals surface area contributed by atoms with Crippen molar-refractivity contribution in [1.82, 2.24) is 0 Å². The topological polar surface area (TPSA) is 69.7 Å². The van der Waals surface area contributed by atoms with Gasteiger partial charge in [0.05, 0.1) is 5.41 Å². The Kier molecular flexibility index (Phi) is 6.81. The summed E-state index contributed by atoms with van der Waals surface area (Å²) in [5.41, 5.74) is 0.430. The molecule has 0 bridgehead atoms. The van der Waals surface area contributed by atoms with E-state index in [2.05, 4.69) is 6.92 Å². The first-order valence-corrected chi connectivity index (χ1v) is 10.6. The summed E-state index contributed by atoms with van der Waals surface area (Å²) >= 11 is 0. The standard InChI is InChI=1S/C24H36O5/c1-16(25)29-23(5,6)14-9-10-17-18-11-8-12-20(28-21(27)22(2,3)4)24(18,7)15-13-19(17)26/h9,14,20H,8,10-13,15H2,1-7H3/b14-9+/t20-,24-/m0/s1. The van der Waals surface area contributed by atoms with Gasteiger partial charge in [0.1, 0.15) is 11.7 Å². The Balaban J connectivity index is 2.27. The summed E-state index contributed by atoms with van der Waals surface area (Å²) in [5.74, 6) is -0.347. The van der Waals surface area contributed by atoms with Crippen LogP contribution in [0.25, 0.3) is 0 Å². The summed E-state index contributed by atoms with van der Waals surface area (Å²) in [7, 11) is 0. The molecule has 2 atom stereocenters. The molecule has 0 N–H and O–H groups in total. The third-order valence-electron chi connectivity index (χ3n) is 5.98. The molecule has 2 rings (SSSR count). The van der Waals surface area contributed by atoms with Gasteiger partial charge in [-0.15, -0.1) is 0 Å². The van der Waals surface area contributed by atoms with Gasteiger partial charge in [0.25, 0.3) is 0 Å². The highest BCUT2D eigenvalue weighted by molar-refractivity contribution is 5.97. The fourth-order valence-electron chi connectivity index (χ4n) is 4.36. The molecule has 0 unspecified atom stereocenters. The van der Waals surface area contributed by atoms with E-state index in [-0.39, 0.29) is 29.2 Å². The molecular formula is C24H36O5. The number of hydrogen-bond acceptors (Lipinski definition) is 5. The fourth-order valence-corrected chi connectivity index (χ4v) is 4.36. The zero-order chi connectivity index (χ0) is 22.0. The van der Waals surface area contributed by atoms with E-state index in [1.54, 1.807) is 0 Å². The second-order valence-electron chi connectivity index (χ2n) is 10.1. The minimum Gasteiger partial charge on any atom is -0.461 e. The Morgan fingerprint density at radius 3 is 2.41 bits per heavy atom. The minimum absolute atomic E-state index is 0.176. The van der Waals surface area contributed by atoms with E-state index >= 15 is 0 Å². The number of ether oxygens (including phenoxy) is 2. The highest BCUT2D eigenvalue weighted by atomic mass is 16.6. The van der Waals surface area contributed by atoms with Crippen LogP contribution in [0.3, 0.4) is 0 Å². The van der Waals surface area contributed by atoms with Crippen LogP contribution in [0.1, 0.15) is 87.0 Å². The molecule has 162 valence electrons. The lowest BCUT2D eigenvalue weighted by Crippen LogP contribution is -2.45. The predicted molar refractivity (Wildman–Crippen MR) is 112 cm³/mol. The molecule has 29 heavy (non-hydrogen) atoms. The fraction of sp³-hybridized carbons (Fsp3) is 0.708. The first kappa shape index (κ1) is 23.4. The Morgan fingerprint density at radius 1 is 1.17 bits per heavy atom. The van der Waals surface area contributed by atoms with Crippen LogP contribution in [0.5, 0.6) is 0 Å². The number of hydrogen-bond donors (Lipinski definition) is 0. The van der Waals surface area contributed by atoms with Gasteiger partial charge < -0.3 is 9.47 Å². The molecule has 1 fully saturated rings. The first-order chi connectivity index (χ1) is 13.3. The number of Topliss-reactive ketones (excluding diaryl/α,β-unsaturated/α-hetero) is 1. The lowest BCUT2D eigenvalue weighted by Gasteiger charge is -2.46. The van der Waals surface area contributed by atoms with Gasteiger partial charge in [-0.1, -0.05) is 18.6 Å². The third kappa shape index (κ3) is 5.58. The van der Waals surface area contributed by atoms with Gasteiger partial charge in [-0.2, -0.15) is 0 Å². The van der Waals surface area contributed by atoms with Gasteiger partial charge in [0.15, 0.2) is 5.78 Å². The van der Waals surface area contributed by atoms with Crippen molar-refractivity contribution in [3.8, 4) is 0 Å². The molecule has 0 heterocycles. The molecule has 2 aliphatic carbocycles. The Hall–Kier alpha value is -1.91. The average Bonchev–Trinajstić information content (AvgIpc) is 2.56. The summed E-state index contributed by atoms with van der Waals surface area (Å²) in [5, 5.41) is 0. The van der Waals surface area contributed by atoms with Gasteiger partial charge in [0, 0.05) is 18.8 Å². The molecule has 5 heteroatoms. The maximum Gasteiger partial charge on any atom is 0.311 e. The maximum absolute atomic E-state index is 12.7. The third-order valence-corrected chi connectivity index (χ3v) is 5.98. The van der Waals surface area contributed by atoms with Gasteiger partial charge in [0.2, 0.25) is 0 Å². The molecular weight excluding hydrogens is 368 g/mol. The van der Waals surface area contributed by atoms with E-state index in [0.29, 0.717) is 12.8 Å². The number of fused-ring (bicyclic) bond motifs is 1. The van der Waals surface area contributed by atoms with E-state index in [0.717, 1.165) is 36.8 Å². The van der Waals surface area contributed by atoms with Crippen molar-refractivity contribution >= 4 is 17.7 Å². The second-order valence-corrected chi connectivity index (χ2v) is 10.1. The van der Waals surface area contributed by atoms with Crippen molar-refractivity contribution in [3.05, 3.63) is 23.3 Å².